The number of hydrogen-bond donors (Lipinski definition) is 2. The highest BCUT2D eigenvalue weighted by atomic mass is 35.5. The van der Waals surface area contributed by atoms with Crippen LogP contribution in [0.3, 0.4) is 0 Å². The van der Waals surface area contributed by atoms with Crippen molar-refractivity contribution in [1.29, 1.82) is 0 Å². The molecule has 1 atom stereocenters. The van der Waals surface area contributed by atoms with Gasteiger partial charge >= 0.3 is 0 Å². The Morgan fingerprint density at radius 2 is 1.57 bits per heavy atom. The minimum atomic E-state index is 0. The minimum Gasteiger partial charge on any atom is -0.356 e. The Bertz CT molecular complexity index is 243. The van der Waals surface area contributed by atoms with Crippen molar-refractivity contribution in [2.45, 2.75) is 77.6 Å². The van der Waals surface area contributed by atoms with Gasteiger partial charge in [-0.1, -0.05) is 64.7 Å². The van der Waals surface area contributed by atoms with Gasteiger partial charge in [-0.25, -0.2) is 0 Å². The smallest absolute Gasteiger partial charge is 0.224 e. The lowest BCUT2D eigenvalue weighted by Crippen LogP contribution is -2.32. The van der Waals surface area contributed by atoms with Gasteiger partial charge in [-0.15, -0.1) is 12.4 Å². The first kappa shape index (κ1) is 20.7. The summed E-state index contributed by atoms with van der Waals surface area (Å²) in [5.41, 5.74) is 0. The minimum absolute atomic E-state index is 0. The van der Waals surface area contributed by atoms with E-state index in [-0.39, 0.29) is 24.2 Å². The molecule has 1 fully saturated rings. The number of carbonyl (C=O) groups excluding carboxylic acids is 1. The van der Waals surface area contributed by atoms with Gasteiger partial charge in [0, 0.05) is 13.1 Å². The summed E-state index contributed by atoms with van der Waals surface area (Å²) in [6.45, 7) is 4.99. The molecule has 0 bridgehead atoms. The molecule has 0 saturated carbocycles. The van der Waals surface area contributed by atoms with E-state index in [4.69, 9.17) is 0 Å². The molecule has 0 aromatic rings. The zero-order valence-corrected chi connectivity index (χ0v) is 14.6. The first-order valence-electron chi connectivity index (χ1n) is 8.83. The lowest BCUT2D eigenvalue weighted by molar-refractivity contribution is -0.124. The summed E-state index contributed by atoms with van der Waals surface area (Å²) in [5, 5.41) is 6.31. The lowest BCUT2D eigenvalue weighted by atomic mass is 10.1. The predicted molar refractivity (Wildman–Crippen MR) is 93.1 cm³/mol. The number of hydrogen-bond acceptors (Lipinski definition) is 2. The van der Waals surface area contributed by atoms with Crippen LogP contribution in [-0.2, 0) is 4.79 Å². The van der Waals surface area contributed by atoms with Gasteiger partial charge in [0.2, 0.25) is 5.91 Å². The Hall–Kier alpha value is -0.280. The third-order valence-corrected chi connectivity index (χ3v) is 4.26. The first-order chi connectivity index (χ1) is 9.84. The van der Waals surface area contributed by atoms with E-state index in [0.717, 1.165) is 32.5 Å². The Labute approximate surface area is 137 Å². The van der Waals surface area contributed by atoms with Crippen LogP contribution in [0.1, 0.15) is 77.6 Å². The quantitative estimate of drug-likeness (QED) is 0.533. The molecule has 0 unspecified atom stereocenters. The summed E-state index contributed by atoms with van der Waals surface area (Å²) in [6.07, 6.45) is 14.5. The number of nitrogens with one attached hydrogen (secondary N) is 2. The second-order valence-corrected chi connectivity index (χ2v) is 6.16. The van der Waals surface area contributed by atoms with Crippen LogP contribution in [0.5, 0.6) is 0 Å². The summed E-state index contributed by atoms with van der Waals surface area (Å²) >= 11 is 0. The first-order valence-corrected chi connectivity index (χ1v) is 8.83. The maximum absolute atomic E-state index is 11.8. The number of halogens is 1. The van der Waals surface area contributed by atoms with Crippen LogP contribution in [0.15, 0.2) is 0 Å². The molecule has 21 heavy (non-hydrogen) atoms. The summed E-state index contributed by atoms with van der Waals surface area (Å²) in [6, 6.07) is 0. The van der Waals surface area contributed by atoms with E-state index in [2.05, 4.69) is 17.6 Å². The monoisotopic (exact) mass is 318 g/mol. The number of rotatable bonds is 12. The molecule has 1 amide bonds. The van der Waals surface area contributed by atoms with E-state index in [9.17, 15) is 4.79 Å². The van der Waals surface area contributed by atoms with Crippen molar-refractivity contribution in [3.8, 4) is 0 Å². The lowest BCUT2D eigenvalue weighted by Gasteiger charge is -2.09. The van der Waals surface area contributed by atoms with E-state index < -0.39 is 0 Å². The number of amides is 1. The molecular formula is C17H35ClN2O. The van der Waals surface area contributed by atoms with Crippen LogP contribution >= 0.6 is 12.4 Å². The van der Waals surface area contributed by atoms with Gasteiger partial charge in [0.05, 0.1) is 5.92 Å². The average molecular weight is 319 g/mol. The van der Waals surface area contributed by atoms with Crippen LogP contribution in [0.25, 0.3) is 0 Å². The SMILES string of the molecule is CCCCCCCCCCCCNC(=O)[C@@H]1CCNC1.Cl. The maximum Gasteiger partial charge on any atom is 0.224 e. The topological polar surface area (TPSA) is 41.1 Å². The van der Waals surface area contributed by atoms with E-state index in [1.165, 1.54) is 57.8 Å². The second kappa shape index (κ2) is 14.6. The van der Waals surface area contributed by atoms with Gasteiger partial charge in [0.15, 0.2) is 0 Å². The summed E-state index contributed by atoms with van der Waals surface area (Å²) in [4.78, 5) is 11.8. The standard InChI is InChI=1S/C17H34N2O.ClH/c1-2-3-4-5-6-7-8-9-10-11-13-19-17(20)16-12-14-18-15-16;/h16,18H,2-15H2,1H3,(H,19,20);1H/t16-;/m1./s1. The van der Waals surface area contributed by atoms with E-state index >= 15 is 0 Å². The fourth-order valence-electron chi connectivity index (χ4n) is 2.85. The number of unbranched alkanes of at least 4 members (excludes halogenated alkanes) is 9. The van der Waals surface area contributed by atoms with Gasteiger partial charge in [0.25, 0.3) is 0 Å². The third-order valence-electron chi connectivity index (χ3n) is 4.26. The summed E-state index contributed by atoms with van der Waals surface area (Å²) < 4.78 is 0. The zero-order chi connectivity index (χ0) is 14.5. The molecular weight excluding hydrogens is 284 g/mol. The van der Waals surface area contributed by atoms with E-state index in [1.54, 1.807) is 0 Å². The Balaban J connectivity index is 0.00000400. The molecule has 3 nitrogen and oxygen atoms in total. The molecule has 1 aliphatic heterocycles. The van der Waals surface area contributed by atoms with Gasteiger partial charge in [-0.2, -0.15) is 0 Å². The molecule has 126 valence electrons. The fraction of sp³-hybridized carbons (Fsp3) is 0.941. The van der Waals surface area contributed by atoms with Crippen molar-refractivity contribution >= 4 is 18.3 Å². The normalized spacial score (nSPS) is 17.5. The summed E-state index contributed by atoms with van der Waals surface area (Å²) in [7, 11) is 0. The molecule has 1 aliphatic rings. The molecule has 0 spiro atoms. The van der Waals surface area contributed by atoms with Crippen LogP contribution in [0.4, 0.5) is 0 Å². The molecule has 4 heteroatoms. The van der Waals surface area contributed by atoms with Gasteiger partial charge in [-0.05, 0) is 19.4 Å². The van der Waals surface area contributed by atoms with Crippen molar-refractivity contribution in [3.63, 3.8) is 0 Å². The van der Waals surface area contributed by atoms with Crippen molar-refractivity contribution in [2.24, 2.45) is 5.92 Å². The average Bonchev–Trinajstić information content (AvgIpc) is 2.99. The molecule has 2 N–H and O–H groups in total. The highest BCUT2D eigenvalue weighted by Gasteiger charge is 2.21. The van der Waals surface area contributed by atoms with Gasteiger partial charge < -0.3 is 10.6 Å². The molecule has 0 aromatic carbocycles. The van der Waals surface area contributed by atoms with E-state index in [0.29, 0.717) is 0 Å². The molecule has 0 aliphatic carbocycles. The van der Waals surface area contributed by atoms with Crippen molar-refractivity contribution in [2.75, 3.05) is 19.6 Å². The van der Waals surface area contributed by atoms with Crippen LogP contribution in [0.2, 0.25) is 0 Å². The molecule has 1 saturated heterocycles. The predicted octanol–water partition coefficient (Wildman–Crippen LogP) is 4.05. The molecule has 0 aromatic heterocycles. The van der Waals surface area contributed by atoms with Crippen molar-refractivity contribution < 1.29 is 4.79 Å². The Morgan fingerprint density at radius 3 is 2.10 bits per heavy atom. The maximum atomic E-state index is 11.8. The highest BCUT2D eigenvalue weighted by Crippen LogP contribution is 2.10. The molecule has 1 rings (SSSR count). The molecule has 0 radical (unpaired) electrons. The van der Waals surface area contributed by atoms with E-state index in [1.807, 2.05) is 0 Å². The number of carbonyl (C=O) groups is 1. The van der Waals surface area contributed by atoms with Gasteiger partial charge in [-0.3, -0.25) is 4.79 Å². The van der Waals surface area contributed by atoms with Crippen LogP contribution in [-0.4, -0.2) is 25.5 Å². The fourth-order valence-corrected chi connectivity index (χ4v) is 2.85. The van der Waals surface area contributed by atoms with Crippen LogP contribution in [0, 0.1) is 5.92 Å². The van der Waals surface area contributed by atoms with Crippen molar-refractivity contribution in [1.82, 2.24) is 10.6 Å². The highest BCUT2D eigenvalue weighted by molar-refractivity contribution is 5.85. The Morgan fingerprint density at radius 1 is 1.00 bits per heavy atom. The zero-order valence-electron chi connectivity index (χ0n) is 13.8. The van der Waals surface area contributed by atoms with Crippen LogP contribution < -0.4 is 10.6 Å². The second-order valence-electron chi connectivity index (χ2n) is 6.16. The third kappa shape index (κ3) is 11.0. The Kier molecular flexibility index (Phi) is 14.5. The summed E-state index contributed by atoms with van der Waals surface area (Å²) in [5.74, 6) is 0.476. The van der Waals surface area contributed by atoms with Crippen molar-refractivity contribution in [3.05, 3.63) is 0 Å². The van der Waals surface area contributed by atoms with Gasteiger partial charge in [0.1, 0.15) is 0 Å². The molecule has 1 heterocycles. The largest absolute Gasteiger partial charge is 0.356 e.